The Morgan fingerprint density at radius 3 is 2.38 bits per heavy atom. The number of benzene rings is 2. The van der Waals surface area contributed by atoms with E-state index in [1.165, 1.54) is 22.9 Å². The van der Waals surface area contributed by atoms with Crippen molar-refractivity contribution >= 4 is 17.7 Å². The molecule has 1 amide bonds. The van der Waals surface area contributed by atoms with E-state index >= 15 is 0 Å². The molecule has 3 aromatic rings. The largest absolute Gasteiger partial charge is 0.416 e. The molecule has 7 heteroatoms. The Kier molecular flexibility index (Phi) is 7.60. The summed E-state index contributed by atoms with van der Waals surface area (Å²) in [6, 6.07) is 18.9. The maximum atomic E-state index is 12.6. The molecule has 32 heavy (non-hydrogen) atoms. The number of rotatable bonds is 8. The van der Waals surface area contributed by atoms with E-state index in [-0.39, 0.29) is 5.91 Å². The minimum absolute atomic E-state index is 0.124. The molecule has 1 aliphatic heterocycles. The number of hydrogen-bond acceptors (Lipinski definition) is 6. The van der Waals surface area contributed by atoms with Crippen LogP contribution in [0.5, 0.6) is 0 Å². The maximum absolute atomic E-state index is 12.6. The Morgan fingerprint density at radius 2 is 1.69 bits per heavy atom. The summed E-state index contributed by atoms with van der Waals surface area (Å²) in [5.74, 6) is 1.57. The summed E-state index contributed by atoms with van der Waals surface area (Å²) >= 11 is 1.32. The van der Waals surface area contributed by atoms with Crippen LogP contribution in [0.3, 0.4) is 0 Å². The van der Waals surface area contributed by atoms with Gasteiger partial charge in [-0.3, -0.25) is 9.69 Å². The number of piperazine rings is 1. The SMILES string of the molecule is CC(C)c1ccc(CN2CCN(C(=O)CSc3nnc(Cc4ccccc4)o3)CC2)cc1. The molecule has 4 rings (SSSR count). The molecule has 0 N–H and O–H groups in total. The van der Waals surface area contributed by atoms with Crippen molar-refractivity contribution in [3.8, 4) is 0 Å². The number of carbonyl (C=O) groups excluding carboxylic acids is 1. The van der Waals surface area contributed by atoms with Crippen molar-refractivity contribution in [1.82, 2.24) is 20.0 Å². The molecule has 0 spiro atoms. The first-order chi connectivity index (χ1) is 15.6. The summed E-state index contributed by atoms with van der Waals surface area (Å²) in [5.41, 5.74) is 3.82. The maximum Gasteiger partial charge on any atom is 0.277 e. The van der Waals surface area contributed by atoms with E-state index in [4.69, 9.17) is 4.42 Å². The molecule has 0 bridgehead atoms. The molecule has 2 heterocycles. The highest BCUT2D eigenvalue weighted by atomic mass is 32.2. The molecule has 0 unspecified atom stereocenters. The van der Waals surface area contributed by atoms with Crippen LogP contribution in [0.2, 0.25) is 0 Å². The van der Waals surface area contributed by atoms with Crippen molar-refractivity contribution in [1.29, 1.82) is 0 Å². The Labute approximate surface area is 194 Å². The number of hydrogen-bond donors (Lipinski definition) is 0. The third kappa shape index (κ3) is 6.20. The predicted molar refractivity (Wildman–Crippen MR) is 127 cm³/mol. The first-order valence-electron chi connectivity index (χ1n) is 11.1. The Hall–Kier alpha value is -2.64. The van der Waals surface area contributed by atoms with Gasteiger partial charge in [-0.25, -0.2) is 0 Å². The summed E-state index contributed by atoms with van der Waals surface area (Å²) in [5, 5.41) is 8.62. The van der Waals surface area contributed by atoms with Gasteiger partial charge in [0.15, 0.2) is 0 Å². The first-order valence-corrected chi connectivity index (χ1v) is 12.1. The van der Waals surface area contributed by atoms with Gasteiger partial charge in [0, 0.05) is 32.7 Å². The van der Waals surface area contributed by atoms with Gasteiger partial charge in [0.1, 0.15) is 0 Å². The van der Waals surface area contributed by atoms with Gasteiger partial charge in [0.05, 0.1) is 12.2 Å². The zero-order chi connectivity index (χ0) is 22.3. The average molecular weight is 451 g/mol. The highest BCUT2D eigenvalue weighted by Crippen LogP contribution is 2.20. The minimum Gasteiger partial charge on any atom is -0.416 e. The van der Waals surface area contributed by atoms with Crippen molar-refractivity contribution in [2.75, 3.05) is 31.9 Å². The van der Waals surface area contributed by atoms with Crippen molar-refractivity contribution in [2.24, 2.45) is 0 Å². The zero-order valence-electron chi connectivity index (χ0n) is 18.7. The van der Waals surface area contributed by atoms with Crippen LogP contribution in [-0.4, -0.2) is 57.8 Å². The second-order valence-corrected chi connectivity index (χ2v) is 9.39. The number of carbonyl (C=O) groups is 1. The topological polar surface area (TPSA) is 62.5 Å². The van der Waals surface area contributed by atoms with E-state index in [0.29, 0.717) is 29.2 Å². The van der Waals surface area contributed by atoms with Crippen LogP contribution in [0.25, 0.3) is 0 Å². The predicted octanol–water partition coefficient (Wildman–Crippen LogP) is 4.22. The number of amides is 1. The van der Waals surface area contributed by atoms with E-state index in [9.17, 15) is 4.79 Å². The lowest BCUT2D eigenvalue weighted by atomic mass is 10.0. The third-order valence-electron chi connectivity index (χ3n) is 5.74. The molecule has 168 valence electrons. The summed E-state index contributed by atoms with van der Waals surface area (Å²) in [6.45, 7) is 8.66. The molecule has 1 saturated heterocycles. The molecule has 0 aliphatic carbocycles. The Balaban J connectivity index is 1.19. The number of aromatic nitrogens is 2. The fraction of sp³-hybridized carbons (Fsp3) is 0.400. The number of nitrogens with zero attached hydrogens (tertiary/aromatic N) is 4. The van der Waals surface area contributed by atoms with E-state index in [2.05, 4.69) is 53.2 Å². The van der Waals surface area contributed by atoms with Gasteiger partial charge in [0.25, 0.3) is 5.22 Å². The second kappa shape index (κ2) is 10.8. The standard InChI is InChI=1S/C25H30N4O2S/c1-19(2)22-10-8-21(9-11-22)17-28-12-14-29(15-13-28)24(30)18-32-25-27-26-23(31-25)16-20-6-4-3-5-7-20/h3-11,19H,12-18H2,1-2H3. The van der Waals surface area contributed by atoms with Crippen molar-refractivity contribution < 1.29 is 9.21 Å². The summed E-state index contributed by atoms with van der Waals surface area (Å²) < 4.78 is 5.69. The molecular weight excluding hydrogens is 420 g/mol. The van der Waals surface area contributed by atoms with E-state index in [1.54, 1.807) is 0 Å². The molecule has 2 aromatic carbocycles. The van der Waals surface area contributed by atoms with Crippen molar-refractivity contribution in [3.63, 3.8) is 0 Å². The molecule has 6 nitrogen and oxygen atoms in total. The van der Waals surface area contributed by atoms with Crippen LogP contribution in [0.4, 0.5) is 0 Å². The van der Waals surface area contributed by atoms with Crippen LogP contribution in [0.1, 0.15) is 42.3 Å². The van der Waals surface area contributed by atoms with Crippen LogP contribution in [0, 0.1) is 0 Å². The highest BCUT2D eigenvalue weighted by molar-refractivity contribution is 7.99. The van der Waals surface area contributed by atoms with Gasteiger partial charge < -0.3 is 9.32 Å². The normalized spacial score (nSPS) is 14.8. The first kappa shape index (κ1) is 22.6. The third-order valence-corrected chi connectivity index (χ3v) is 6.55. The molecule has 0 radical (unpaired) electrons. The summed E-state index contributed by atoms with van der Waals surface area (Å²) in [6.07, 6.45) is 0.602. The van der Waals surface area contributed by atoms with Gasteiger partial charge in [-0.2, -0.15) is 0 Å². The second-order valence-electron chi connectivity index (χ2n) is 8.47. The fourth-order valence-electron chi connectivity index (χ4n) is 3.77. The van der Waals surface area contributed by atoms with E-state index < -0.39 is 0 Å². The lowest BCUT2D eigenvalue weighted by Gasteiger charge is -2.34. The smallest absolute Gasteiger partial charge is 0.277 e. The molecular formula is C25H30N4O2S. The lowest BCUT2D eigenvalue weighted by molar-refractivity contribution is -0.130. The Bertz CT molecular complexity index is 996. The van der Waals surface area contributed by atoms with Crippen molar-refractivity contribution in [2.45, 2.75) is 38.0 Å². The van der Waals surface area contributed by atoms with E-state index in [0.717, 1.165) is 38.3 Å². The highest BCUT2D eigenvalue weighted by Gasteiger charge is 2.22. The Morgan fingerprint density at radius 1 is 0.969 bits per heavy atom. The molecule has 1 fully saturated rings. The molecule has 1 aromatic heterocycles. The van der Waals surface area contributed by atoms with E-state index in [1.807, 2.05) is 35.2 Å². The lowest BCUT2D eigenvalue weighted by Crippen LogP contribution is -2.48. The van der Waals surface area contributed by atoms with Crippen LogP contribution < -0.4 is 0 Å². The fourth-order valence-corrected chi connectivity index (χ4v) is 4.46. The number of thioether (sulfide) groups is 1. The van der Waals surface area contributed by atoms with Crippen molar-refractivity contribution in [3.05, 3.63) is 77.2 Å². The van der Waals surface area contributed by atoms with Gasteiger partial charge in [-0.05, 0) is 22.6 Å². The van der Waals surface area contributed by atoms with Gasteiger partial charge in [-0.15, -0.1) is 10.2 Å². The van der Waals surface area contributed by atoms with Gasteiger partial charge in [0.2, 0.25) is 11.8 Å². The molecule has 1 aliphatic rings. The van der Waals surface area contributed by atoms with Gasteiger partial charge >= 0.3 is 0 Å². The quantitative estimate of drug-likeness (QED) is 0.479. The summed E-state index contributed by atoms with van der Waals surface area (Å²) in [7, 11) is 0. The molecule has 0 saturated carbocycles. The summed E-state index contributed by atoms with van der Waals surface area (Å²) in [4.78, 5) is 17.0. The average Bonchev–Trinajstić information content (AvgIpc) is 3.26. The van der Waals surface area contributed by atoms with Crippen LogP contribution in [-0.2, 0) is 17.8 Å². The van der Waals surface area contributed by atoms with Gasteiger partial charge in [-0.1, -0.05) is 80.2 Å². The minimum atomic E-state index is 0.124. The van der Waals surface area contributed by atoms with Crippen LogP contribution in [0.15, 0.2) is 64.2 Å². The van der Waals surface area contributed by atoms with Crippen LogP contribution >= 0.6 is 11.8 Å². The molecule has 0 atom stereocenters. The monoisotopic (exact) mass is 450 g/mol. The zero-order valence-corrected chi connectivity index (χ0v) is 19.6.